The van der Waals surface area contributed by atoms with Crippen LogP contribution in [0, 0.1) is 13.8 Å². The second kappa shape index (κ2) is 5.19. The van der Waals surface area contributed by atoms with Gasteiger partial charge >= 0.3 is 5.97 Å². The van der Waals surface area contributed by atoms with Crippen molar-refractivity contribution >= 4 is 5.97 Å². The Kier molecular flexibility index (Phi) is 3.62. The molecule has 19 heavy (non-hydrogen) atoms. The number of aromatic nitrogens is 2. The molecule has 0 fully saturated rings. The van der Waals surface area contributed by atoms with Crippen molar-refractivity contribution in [3.63, 3.8) is 0 Å². The van der Waals surface area contributed by atoms with Crippen LogP contribution in [-0.4, -0.2) is 23.2 Å². The first-order valence-corrected chi connectivity index (χ1v) is 5.79. The number of methoxy groups -OCH3 is 1. The summed E-state index contributed by atoms with van der Waals surface area (Å²) >= 11 is 0. The van der Waals surface area contributed by atoms with Gasteiger partial charge in [-0.05, 0) is 37.1 Å². The van der Waals surface area contributed by atoms with Gasteiger partial charge in [0.25, 0.3) is 0 Å². The van der Waals surface area contributed by atoms with Crippen LogP contribution in [0.1, 0.15) is 27.4 Å². The molecule has 0 bridgehead atoms. The summed E-state index contributed by atoms with van der Waals surface area (Å²) in [6, 6.07) is 3.59. The molecule has 0 spiro atoms. The first-order valence-electron chi connectivity index (χ1n) is 5.79. The lowest BCUT2D eigenvalue weighted by Crippen LogP contribution is -2.05. The van der Waals surface area contributed by atoms with Crippen LogP contribution in [0.15, 0.2) is 16.7 Å². The Hall–Kier alpha value is -2.21. The lowest BCUT2D eigenvalue weighted by Gasteiger charge is -2.08. The Balaban J connectivity index is 2.52. The van der Waals surface area contributed by atoms with Crippen LogP contribution in [0.25, 0.3) is 11.4 Å². The molecule has 6 heteroatoms. The molecule has 100 valence electrons. The van der Waals surface area contributed by atoms with Crippen LogP contribution < -0.4 is 5.73 Å². The summed E-state index contributed by atoms with van der Waals surface area (Å²) < 4.78 is 9.73. The first kappa shape index (κ1) is 13.2. The van der Waals surface area contributed by atoms with Gasteiger partial charge in [0.1, 0.15) is 0 Å². The third-order valence-corrected chi connectivity index (χ3v) is 2.97. The second-order valence-electron chi connectivity index (χ2n) is 4.17. The molecule has 0 saturated heterocycles. The highest BCUT2D eigenvalue weighted by molar-refractivity contribution is 5.92. The zero-order chi connectivity index (χ0) is 14.0. The van der Waals surface area contributed by atoms with Crippen molar-refractivity contribution in [2.75, 3.05) is 7.11 Å². The van der Waals surface area contributed by atoms with Crippen molar-refractivity contribution in [3.8, 4) is 11.4 Å². The lowest BCUT2D eigenvalue weighted by atomic mass is 9.99. The number of nitrogens with two attached hydrogens (primary N) is 1. The van der Waals surface area contributed by atoms with E-state index in [1.807, 2.05) is 19.9 Å². The molecule has 1 heterocycles. The number of benzene rings is 1. The molecule has 0 radical (unpaired) electrons. The van der Waals surface area contributed by atoms with Gasteiger partial charge in [0.05, 0.1) is 19.2 Å². The molecule has 6 nitrogen and oxygen atoms in total. The van der Waals surface area contributed by atoms with Crippen molar-refractivity contribution in [2.24, 2.45) is 5.73 Å². The highest BCUT2D eigenvalue weighted by Crippen LogP contribution is 2.23. The standard InChI is InChI=1S/C13H15N3O3/c1-7-4-9(12-15-11(6-14)19-16-12)5-10(8(7)2)13(17)18-3/h4-5H,6,14H2,1-3H3. The summed E-state index contributed by atoms with van der Waals surface area (Å²) in [6.45, 7) is 3.96. The van der Waals surface area contributed by atoms with Crippen LogP contribution in [-0.2, 0) is 11.3 Å². The summed E-state index contributed by atoms with van der Waals surface area (Å²) in [5, 5.41) is 3.84. The molecule has 0 aliphatic rings. The van der Waals surface area contributed by atoms with Gasteiger partial charge in [0.2, 0.25) is 11.7 Å². The van der Waals surface area contributed by atoms with Crippen molar-refractivity contribution in [1.29, 1.82) is 0 Å². The Morgan fingerprint density at radius 1 is 1.42 bits per heavy atom. The van der Waals surface area contributed by atoms with E-state index in [1.165, 1.54) is 7.11 Å². The van der Waals surface area contributed by atoms with Crippen LogP contribution in [0.3, 0.4) is 0 Å². The minimum Gasteiger partial charge on any atom is -0.465 e. The maximum Gasteiger partial charge on any atom is 0.338 e. The minimum absolute atomic E-state index is 0.182. The zero-order valence-electron chi connectivity index (χ0n) is 11.1. The number of carbonyl (C=O) groups is 1. The van der Waals surface area contributed by atoms with Crippen LogP contribution >= 0.6 is 0 Å². The van der Waals surface area contributed by atoms with Gasteiger partial charge < -0.3 is 15.0 Å². The molecule has 0 atom stereocenters. The Morgan fingerprint density at radius 2 is 2.16 bits per heavy atom. The second-order valence-corrected chi connectivity index (χ2v) is 4.17. The third-order valence-electron chi connectivity index (χ3n) is 2.97. The Labute approximate surface area is 110 Å². The number of nitrogens with zero attached hydrogens (tertiary/aromatic N) is 2. The van der Waals surface area contributed by atoms with Crippen molar-refractivity contribution in [3.05, 3.63) is 34.7 Å². The van der Waals surface area contributed by atoms with E-state index in [4.69, 9.17) is 15.0 Å². The number of esters is 1. The average molecular weight is 261 g/mol. The average Bonchev–Trinajstić information content (AvgIpc) is 2.89. The largest absolute Gasteiger partial charge is 0.465 e. The van der Waals surface area contributed by atoms with Gasteiger partial charge in [-0.1, -0.05) is 5.16 Å². The molecule has 2 aromatic rings. The smallest absolute Gasteiger partial charge is 0.338 e. The predicted molar refractivity (Wildman–Crippen MR) is 68.4 cm³/mol. The molecule has 0 unspecified atom stereocenters. The molecule has 2 N–H and O–H groups in total. The predicted octanol–water partition coefficient (Wildman–Crippen LogP) is 1.60. The van der Waals surface area contributed by atoms with E-state index >= 15 is 0 Å². The summed E-state index contributed by atoms with van der Waals surface area (Å²) in [4.78, 5) is 15.9. The van der Waals surface area contributed by atoms with Crippen molar-refractivity contribution < 1.29 is 14.1 Å². The normalized spacial score (nSPS) is 10.5. The summed E-state index contributed by atoms with van der Waals surface area (Å²) in [6.07, 6.45) is 0. The topological polar surface area (TPSA) is 91.2 Å². The van der Waals surface area contributed by atoms with Crippen molar-refractivity contribution in [1.82, 2.24) is 10.1 Å². The molecule has 0 aliphatic heterocycles. The van der Waals surface area contributed by atoms with Crippen molar-refractivity contribution in [2.45, 2.75) is 20.4 Å². The fraction of sp³-hybridized carbons (Fsp3) is 0.308. The summed E-state index contributed by atoms with van der Waals surface area (Å²) in [7, 11) is 1.35. The van der Waals surface area contributed by atoms with Crippen LogP contribution in [0.5, 0.6) is 0 Å². The van der Waals surface area contributed by atoms with E-state index < -0.39 is 0 Å². The van der Waals surface area contributed by atoms with E-state index in [2.05, 4.69) is 10.1 Å². The molecule has 2 rings (SSSR count). The molecule has 0 aliphatic carbocycles. The SMILES string of the molecule is COC(=O)c1cc(-c2noc(CN)n2)cc(C)c1C. The molecular weight excluding hydrogens is 246 g/mol. The van der Waals surface area contributed by atoms with E-state index in [-0.39, 0.29) is 12.5 Å². The number of ether oxygens (including phenoxy) is 1. The van der Waals surface area contributed by atoms with E-state index in [9.17, 15) is 4.79 Å². The van der Waals surface area contributed by atoms with Gasteiger partial charge in [0, 0.05) is 5.56 Å². The van der Waals surface area contributed by atoms with Gasteiger partial charge in [-0.15, -0.1) is 0 Å². The number of hydrogen-bond acceptors (Lipinski definition) is 6. The lowest BCUT2D eigenvalue weighted by molar-refractivity contribution is 0.0600. The Bertz CT molecular complexity index is 620. The highest BCUT2D eigenvalue weighted by atomic mass is 16.5. The van der Waals surface area contributed by atoms with E-state index in [0.29, 0.717) is 22.8 Å². The van der Waals surface area contributed by atoms with E-state index in [0.717, 1.165) is 11.1 Å². The maximum absolute atomic E-state index is 11.7. The Morgan fingerprint density at radius 3 is 2.74 bits per heavy atom. The molecular formula is C13H15N3O3. The molecule has 0 saturated carbocycles. The quantitative estimate of drug-likeness (QED) is 0.844. The van der Waals surface area contributed by atoms with Gasteiger partial charge in [-0.25, -0.2) is 4.79 Å². The molecule has 1 aromatic carbocycles. The van der Waals surface area contributed by atoms with Crippen LogP contribution in [0.4, 0.5) is 0 Å². The number of rotatable bonds is 3. The minimum atomic E-state index is -0.384. The maximum atomic E-state index is 11.7. The van der Waals surface area contributed by atoms with Gasteiger partial charge in [0.15, 0.2) is 0 Å². The van der Waals surface area contributed by atoms with E-state index in [1.54, 1.807) is 6.07 Å². The first-order chi connectivity index (χ1) is 9.06. The summed E-state index contributed by atoms with van der Waals surface area (Å²) in [5.41, 5.74) is 8.45. The zero-order valence-corrected chi connectivity index (χ0v) is 11.1. The van der Waals surface area contributed by atoms with Crippen LogP contribution in [0.2, 0.25) is 0 Å². The number of carbonyl (C=O) groups excluding carboxylic acids is 1. The van der Waals surface area contributed by atoms with Gasteiger partial charge in [-0.3, -0.25) is 0 Å². The monoisotopic (exact) mass is 261 g/mol. The fourth-order valence-electron chi connectivity index (χ4n) is 1.77. The highest BCUT2D eigenvalue weighted by Gasteiger charge is 2.16. The summed E-state index contributed by atoms with van der Waals surface area (Å²) in [5.74, 6) is 0.381. The molecule has 0 amide bonds. The van der Waals surface area contributed by atoms with Gasteiger partial charge in [-0.2, -0.15) is 4.98 Å². The number of aryl methyl sites for hydroxylation is 1. The third kappa shape index (κ3) is 2.48. The molecule has 1 aromatic heterocycles. The fourth-order valence-corrected chi connectivity index (χ4v) is 1.77. The number of hydrogen-bond donors (Lipinski definition) is 1.